The molecule has 72 valence electrons. The van der Waals surface area contributed by atoms with Gasteiger partial charge < -0.3 is 0 Å². The Morgan fingerprint density at radius 2 is 2.23 bits per heavy atom. The van der Waals surface area contributed by atoms with Gasteiger partial charge in [0.2, 0.25) is 0 Å². The van der Waals surface area contributed by atoms with Gasteiger partial charge in [-0.3, -0.25) is 11.3 Å². The van der Waals surface area contributed by atoms with Gasteiger partial charge in [-0.05, 0) is 19.1 Å². The second-order valence-corrected chi connectivity index (χ2v) is 3.87. The van der Waals surface area contributed by atoms with Gasteiger partial charge in [-0.15, -0.1) is 11.8 Å². The van der Waals surface area contributed by atoms with E-state index in [4.69, 9.17) is 5.84 Å². The minimum Gasteiger partial charge on any atom is -0.271 e. The summed E-state index contributed by atoms with van der Waals surface area (Å²) in [5.74, 6) is 5.81. The third-order valence-corrected chi connectivity index (χ3v) is 2.92. The van der Waals surface area contributed by atoms with Crippen molar-refractivity contribution < 1.29 is 4.39 Å². The summed E-state index contributed by atoms with van der Waals surface area (Å²) in [7, 11) is 0. The predicted molar refractivity (Wildman–Crippen MR) is 53.9 cm³/mol. The van der Waals surface area contributed by atoms with Crippen molar-refractivity contribution in [3.8, 4) is 0 Å². The molecule has 1 aromatic carbocycles. The summed E-state index contributed by atoms with van der Waals surface area (Å²) in [6.45, 7) is 1.95. The zero-order valence-electron chi connectivity index (χ0n) is 7.46. The third-order valence-electron chi connectivity index (χ3n) is 1.61. The minimum absolute atomic E-state index is 0.170. The number of nitrogens with two attached hydrogens (primary N) is 1. The highest BCUT2D eigenvalue weighted by Crippen LogP contribution is 2.21. The summed E-state index contributed by atoms with van der Waals surface area (Å²) in [4.78, 5) is 0.671. The maximum atomic E-state index is 13.1. The Morgan fingerprint density at radius 3 is 2.85 bits per heavy atom. The van der Waals surface area contributed by atoms with Crippen LogP contribution in [0.25, 0.3) is 0 Å². The quantitative estimate of drug-likeness (QED) is 0.442. The van der Waals surface area contributed by atoms with E-state index in [9.17, 15) is 4.39 Å². The van der Waals surface area contributed by atoms with Crippen LogP contribution in [0.1, 0.15) is 6.92 Å². The summed E-state index contributed by atoms with van der Waals surface area (Å²) < 4.78 is 13.1. The Morgan fingerprint density at radius 1 is 1.54 bits per heavy atom. The van der Waals surface area contributed by atoms with Gasteiger partial charge in [-0.1, -0.05) is 12.1 Å². The molecule has 0 aliphatic rings. The van der Waals surface area contributed by atoms with Crippen LogP contribution in [-0.2, 0) is 0 Å². The number of hydrogen-bond acceptors (Lipinski definition) is 3. The van der Waals surface area contributed by atoms with Crippen molar-refractivity contribution in [1.82, 2.24) is 5.43 Å². The van der Waals surface area contributed by atoms with Gasteiger partial charge in [0.15, 0.2) is 0 Å². The summed E-state index contributed by atoms with van der Waals surface area (Å²) in [5, 5.41) is 0. The Hall–Kier alpha value is -0.580. The molecule has 0 heterocycles. The van der Waals surface area contributed by atoms with Crippen molar-refractivity contribution in [3.63, 3.8) is 0 Å². The molecule has 0 radical (unpaired) electrons. The van der Waals surface area contributed by atoms with E-state index >= 15 is 0 Å². The molecular formula is C9H13FN2S. The van der Waals surface area contributed by atoms with Crippen LogP contribution in [0.15, 0.2) is 29.2 Å². The molecule has 1 atom stereocenters. The highest BCUT2D eigenvalue weighted by Gasteiger charge is 2.03. The minimum atomic E-state index is -0.170. The van der Waals surface area contributed by atoms with Crippen LogP contribution in [0.5, 0.6) is 0 Å². The number of hydrazine groups is 1. The van der Waals surface area contributed by atoms with Crippen molar-refractivity contribution in [2.24, 2.45) is 5.84 Å². The van der Waals surface area contributed by atoms with Crippen molar-refractivity contribution >= 4 is 11.8 Å². The molecule has 1 rings (SSSR count). The molecule has 0 fully saturated rings. The molecule has 3 N–H and O–H groups in total. The molecule has 2 nitrogen and oxygen atoms in total. The molecule has 0 spiro atoms. The lowest BCUT2D eigenvalue weighted by Gasteiger charge is -2.09. The number of rotatable bonds is 4. The van der Waals surface area contributed by atoms with Crippen LogP contribution >= 0.6 is 11.8 Å². The molecule has 0 saturated heterocycles. The van der Waals surface area contributed by atoms with Gasteiger partial charge in [0.1, 0.15) is 5.82 Å². The Balaban J connectivity index is 2.50. The van der Waals surface area contributed by atoms with Gasteiger partial charge in [-0.2, -0.15) is 0 Å². The lowest BCUT2D eigenvalue weighted by molar-refractivity contribution is 0.599. The molecule has 0 bridgehead atoms. The number of thioether (sulfide) groups is 1. The Kier molecular flexibility index (Phi) is 4.21. The molecule has 0 amide bonds. The van der Waals surface area contributed by atoms with Crippen molar-refractivity contribution in [2.75, 3.05) is 5.75 Å². The number of hydrogen-bond donors (Lipinski definition) is 2. The van der Waals surface area contributed by atoms with Crippen LogP contribution in [0.4, 0.5) is 4.39 Å². The van der Waals surface area contributed by atoms with E-state index in [0.29, 0.717) is 4.90 Å². The van der Waals surface area contributed by atoms with Gasteiger partial charge in [0.05, 0.1) is 0 Å². The van der Waals surface area contributed by atoms with E-state index in [1.807, 2.05) is 13.0 Å². The summed E-state index contributed by atoms with van der Waals surface area (Å²) >= 11 is 1.46. The zero-order valence-corrected chi connectivity index (χ0v) is 8.27. The molecule has 1 unspecified atom stereocenters. The number of nitrogens with one attached hydrogen (secondary N) is 1. The van der Waals surface area contributed by atoms with Gasteiger partial charge in [0.25, 0.3) is 0 Å². The SMILES string of the molecule is CC(CSc1ccccc1F)NN. The lowest BCUT2D eigenvalue weighted by atomic mass is 10.3. The zero-order chi connectivity index (χ0) is 9.68. The monoisotopic (exact) mass is 200 g/mol. The average molecular weight is 200 g/mol. The molecule has 1 aromatic rings. The fourth-order valence-electron chi connectivity index (χ4n) is 0.825. The second-order valence-electron chi connectivity index (χ2n) is 2.81. The maximum Gasteiger partial charge on any atom is 0.136 e. The van der Waals surface area contributed by atoms with E-state index in [-0.39, 0.29) is 11.9 Å². The van der Waals surface area contributed by atoms with E-state index in [1.165, 1.54) is 17.8 Å². The van der Waals surface area contributed by atoms with E-state index < -0.39 is 0 Å². The van der Waals surface area contributed by atoms with Crippen LogP contribution < -0.4 is 11.3 Å². The fraction of sp³-hybridized carbons (Fsp3) is 0.333. The number of halogens is 1. The van der Waals surface area contributed by atoms with Crippen molar-refractivity contribution in [2.45, 2.75) is 17.9 Å². The molecule has 0 aliphatic carbocycles. The van der Waals surface area contributed by atoms with Gasteiger partial charge >= 0.3 is 0 Å². The lowest BCUT2D eigenvalue weighted by Crippen LogP contribution is -2.34. The van der Waals surface area contributed by atoms with Crippen LogP contribution in [0.3, 0.4) is 0 Å². The second kappa shape index (κ2) is 5.21. The van der Waals surface area contributed by atoms with E-state index in [2.05, 4.69) is 5.43 Å². The van der Waals surface area contributed by atoms with Gasteiger partial charge in [0, 0.05) is 16.7 Å². The third kappa shape index (κ3) is 3.34. The molecule has 13 heavy (non-hydrogen) atoms. The largest absolute Gasteiger partial charge is 0.271 e. The fourth-order valence-corrected chi connectivity index (χ4v) is 1.73. The van der Waals surface area contributed by atoms with E-state index in [0.717, 1.165) is 5.75 Å². The average Bonchev–Trinajstić information content (AvgIpc) is 2.16. The summed E-state index contributed by atoms with van der Waals surface area (Å²) in [6, 6.07) is 6.92. The normalized spacial score (nSPS) is 12.8. The maximum absolute atomic E-state index is 13.1. The summed E-state index contributed by atoms with van der Waals surface area (Å²) in [5.41, 5.74) is 2.61. The first kappa shape index (κ1) is 10.5. The Bertz CT molecular complexity index is 268. The number of benzene rings is 1. The first-order valence-corrected chi connectivity index (χ1v) is 5.06. The van der Waals surface area contributed by atoms with Gasteiger partial charge in [-0.25, -0.2) is 4.39 Å². The molecule has 4 heteroatoms. The summed E-state index contributed by atoms with van der Waals surface area (Å²) in [6.07, 6.45) is 0. The molecular weight excluding hydrogens is 187 g/mol. The predicted octanol–water partition coefficient (Wildman–Crippen LogP) is 1.77. The highest BCUT2D eigenvalue weighted by atomic mass is 32.2. The smallest absolute Gasteiger partial charge is 0.136 e. The van der Waals surface area contributed by atoms with E-state index in [1.54, 1.807) is 12.1 Å². The molecule has 0 aliphatic heterocycles. The van der Waals surface area contributed by atoms with Crippen molar-refractivity contribution in [3.05, 3.63) is 30.1 Å². The van der Waals surface area contributed by atoms with Crippen LogP contribution in [-0.4, -0.2) is 11.8 Å². The molecule has 0 aromatic heterocycles. The van der Waals surface area contributed by atoms with Crippen LogP contribution in [0.2, 0.25) is 0 Å². The Labute approximate surface area is 81.7 Å². The standard InChI is InChI=1S/C9H13FN2S/c1-7(12-11)6-13-9-5-3-2-4-8(9)10/h2-5,7,12H,6,11H2,1H3. The first-order chi connectivity index (χ1) is 6.24. The highest BCUT2D eigenvalue weighted by molar-refractivity contribution is 7.99. The van der Waals surface area contributed by atoms with Crippen LogP contribution in [0, 0.1) is 5.82 Å². The first-order valence-electron chi connectivity index (χ1n) is 4.07. The topological polar surface area (TPSA) is 38.0 Å². The van der Waals surface area contributed by atoms with Crippen molar-refractivity contribution in [1.29, 1.82) is 0 Å². The molecule has 0 saturated carbocycles.